The highest BCUT2D eigenvalue weighted by Crippen LogP contribution is 2.06. The summed E-state index contributed by atoms with van der Waals surface area (Å²) in [5.41, 5.74) is 1.73. The number of amides is 1. The van der Waals surface area contributed by atoms with Crippen molar-refractivity contribution in [2.45, 2.75) is 72.6 Å². The minimum Gasteiger partial charge on any atom is -0.355 e. The number of carbonyl (C=O) groups excluding carboxylic acids is 1. The van der Waals surface area contributed by atoms with Gasteiger partial charge in [0, 0.05) is 50.4 Å². The van der Waals surface area contributed by atoms with Crippen molar-refractivity contribution < 1.29 is 4.79 Å². The lowest BCUT2D eigenvalue weighted by Gasteiger charge is -2.30. The number of benzene rings is 1. The fourth-order valence-corrected chi connectivity index (χ4v) is 3.05. The van der Waals surface area contributed by atoms with Crippen molar-refractivity contribution in [2.24, 2.45) is 4.99 Å². The minimum absolute atomic E-state index is 0.0267. The van der Waals surface area contributed by atoms with Crippen LogP contribution in [0.5, 0.6) is 0 Å². The van der Waals surface area contributed by atoms with Gasteiger partial charge in [0.2, 0.25) is 0 Å². The molecule has 0 saturated heterocycles. The number of aliphatic imine (C=N–C) groups is 1. The predicted molar refractivity (Wildman–Crippen MR) is 119 cm³/mol. The molecule has 0 heterocycles. The molecular formula is C22H39N5O. The molecule has 0 bridgehead atoms. The van der Waals surface area contributed by atoms with Crippen LogP contribution in [0.4, 0.5) is 0 Å². The van der Waals surface area contributed by atoms with Crippen LogP contribution in [0.1, 0.15) is 63.9 Å². The number of guanidine groups is 1. The largest absolute Gasteiger partial charge is 0.355 e. The second-order valence-electron chi connectivity index (χ2n) is 7.76. The van der Waals surface area contributed by atoms with Gasteiger partial charge < -0.3 is 16.0 Å². The molecule has 6 nitrogen and oxygen atoms in total. The van der Waals surface area contributed by atoms with Crippen LogP contribution < -0.4 is 16.0 Å². The Kier molecular flexibility index (Phi) is 10.6. The third-order valence-electron chi connectivity index (χ3n) is 4.85. The summed E-state index contributed by atoms with van der Waals surface area (Å²) in [6, 6.07) is 8.91. The number of nitrogens with one attached hydrogen (secondary N) is 3. The summed E-state index contributed by atoms with van der Waals surface area (Å²) in [5.74, 6) is 0.739. The zero-order chi connectivity index (χ0) is 21.1. The Hall–Kier alpha value is -2.08. The van der Waals surface area contributed by atoms with E-state index in [-0.39, 0.29) is 11.9 Å². The van der Waals surface area contributed by atoms with E-state index in [9.17, 15) is 4.79 Å². The van der Waals surface area contributed by atoms with E-state index in [1.54, 1.807) is 7.05 Å². The van der Waals surface area contributed by atoms with E-state index in [0.29, 0.717) is 24.2 Å². The highest BCUT2D eigenvalue weighted by Gasteiger charge is 2.13. The van der Waals surface area contributed by atoms with E-state index in [2.05, 4.69) is 60.5 Å². The molecule has 0 saturated carbocycles. The topological polar surface area (TPSA) is 68.8 Å². The van der Waals surface area contributed by atoms with Gasteiger partial charge >= 0.3 is 0 Å². The van der Waals surface area contributed by atoms with Gasteiger partial charge in [0.25, 0.3) is 5.91 Å². The quantitative estimate of drug-likeness (QED) is 0.425. The first-order chi connectivity index (χ1) is 13.3. The lowest BCUT2D eigenvalue weighted by Crippen LogP contribution is -2.45. The Morgan fingerprint density at radius 1 is 1.11 bits per heavy atom. The maximum absolute atomic E-state index is 12.3. The van der Waals surface area contributed by atoms with E-state index in [1.165, 1.54) is 0 Å². The molecule has 0 aromatic heterocycles. The molecule has 0 aliphatic rings. The van der Waals surface area contributed by atoms with Gasteiger partial charge in [-0.15, -0.1) is 0 Å². The normalized spacial score (nSPS) is 13.1. The molecule has 1 unspecified atom stereocenters. The molecule has 1 aromatic rings. The maximum atomic E-state index is 12.3. The van der Waals surface area contributed by atoms with Crippen LogP contribution >= 0.6 is 0 Å². The summed E-state index contributed by atoms with van der Waals surface area (Å²) in [4.78, 5) is 19.0. The number of carbonyl (C=O) groups is 1. The van der Waals surface area contributed by atoms with Crippen molar-refractivity contribution in [2.75, 3.05) is 20.1 Å². The van der Waals surface area contributed by atoms with Crippen LogP contribution in [0.3, 0.4) is 0 Å². The first-order valence-corrected chi connectivity index (χ1v) is 10.4. The number of hydrogen-bond donors (Lipinski definition) is 3. The standard InChI is InChI=1S/C22H39N5O/c1-8-18(6)26-21(28)20-11-9-10-19(14-20)15-25-22(23-7)24-12-13-27(16(2)3)17(4)5/h9-11,14,16-18H,8,12-13,15H2,1-7H3,(H,26,28)(H2,23,24,25). The lowest BCUT2D eigenvalue weighted by molar-refractivity contribution is 0.0939. The fraction of sp³-hybridized carbons (Fsp3) is 0.636. The van der Waals surface area contributed by atoms with E-state index >= 15 is 0 Å². The smallest absolute Gasteiger partial charge is 0.251 e. The zero-order valence-electron chi connectivity index (χ0n) is 18.7. The van der Waals surface area contributed by atoms with Crippen molar-refractivity contribution in [3.8, 4) is 0 Å². The minimum atomic E-state index is -0.0267. The Bertz CT molecular complexity index is 619. The summed E-state index contributed by atoms with van der Waals surface area (Å²) < 4.78 is 0. The summed E-state index contributed by atoms with van der Waals surface area (Å²) in [6.45, 7) is 15.4. The third kappa shape index (κ3) is 8.30. The van der Waals surface area contributed by atoms with E-state index in [4.69, 9.17) is 0 Å². The van der Waals surface area contributed by atoms with Gasteiger partial charge in [-0.1, -0.05) is 19.1 Å². The predicted octanol–water partition coefficient (Wildman–Crippen LogP) is 3.00. The highest BCUT2D eigenvalue weighted by atomic mass is 16.1. The molecule has 28 heavy (non-hydrogen) atoms. The molecular weight excluding hydrogens is 350 g/mol. The lowest BCUT2D eigenvalue weighted by atomic mass is 10.1. The van der Waals surface area contributed by atoms with Crippen LogP contribution in [-0.4, -0.2) is 55.0 Å². The molecule has 0 aliphatic carbocycles. The molecule has 1 amide bonds. The van der Waals surface area contributed by atoms with Gasteiger partial charge in [0.05, 0.1) is 0 Å². The van der Waals surface area contributed by atoms with Crippen molar-refractivity contribution in [3.05, 3.63) is 35.4 Å². The molecule has 1 atom stereocenters. The monoisotopic (exact) mass is 389 g/mol. The first-order valence-electron chi connectivity index (χ1n) is 10.4. The summed E-state index contributed by atoms with van der Waals surface area (Å²) in [7, 11) is 1.77. The zero-order valence-corrected chi connectivity index (χ0v) is 18.7. The molecule has 0 radical (unpaired) electrons. The van der Waals surface area contributed by atoms with Crippen LogP contribution in [-0.2, 0) is 6.54 Å². The summed E-state index contributed by atoms with van der Waals surface area (Å²) >= 11 is 0. The fourth-order valence-electron chi connectivity index (χ4n) is 3.05. The molecule has 3 N–H and O–H groups in total. The third-order valence-corrected chi connectivity index (χ3v) is 4.85. The second-order valence-corrected chi connectivity index (χ2v) is 7.76. The van der Waals surface area contributed by atoms with Crippen LogP contribution in [0, 0.1) is 0 Å². The molecule has 1 rings (SSSR count). The van der Waals surface area contributed by atoms with Gasteiger partial charge in [-0.3, -0.25) is 14.7 Å². The van der Waals surface area contributed by atoms with Gasteiger partial charge in [-0.25, -0.2) is 0 Å². The first kappa shape index (κ1) is 24.0. The number of nitrogens with zero attached hydrogens (tertiary/aromatic N) is 2. The Morgan fingerprint density at radius 3 is 2.36 bits per heavy atom. The molecule has 1 aromatic carbocycles. The SMILES string of the molecule is CCC(C)NC(=O)c1cccc(CNC(=NC)NCCN(C(C)C)C(C)C)c1. The average molecular weight is 390 g/mol. The Morgan fingerprint density at radius 2 is 1.79 bits per heavy atom. The number of hydrogen-bond acceptors (Lipinski definition) is 3. The second kappa shape index (κ2) is 12.4. The molecule has 6 heteroatoms. The Labute approximate surface area is 171 Å². The highest BCUT2D eigenvalue weighted by molar-refractivity contribution is 5.94. The van der Waals surface area contributed by atoms with E-state index < -0.39 is 0 Å². The number of rotatable bonds is 10. The summed E-state index contributed by atoms with van der Waals surface area (Å²) in [5, 5.41) is 9.70. The van der Waals surface area contributed by atoms with E-state index in [0.717, 1.165) is 31.0 Å². The van der Waals surface area contributed by atoms with Crippen LogP contribution in [0.2, 0.25) is 0 Å². The molecule has 0 spiro atoms. The Balaban J connectivity index is 2.55. The average Bonchev–Trinajstić information content (AvgIpc) is 2.66. The van der Waals surface area contributed by atoms with Gasteiger partial charge in [-0.05, 0) is 58.7 Å². The van der Waals surface area contributed by atoms with Crippen LogP contribution in [0.25, 0.3) is 0 Å². The molecule has 158 valence electrons. The van der Waals surface area contributed by atoms with Crippen molar-refractivity contribution in [1.29, 1.82) is 0 Å². The van der Waals surface area contributed by atoms with Crippen molar-refractivity contribution in [3.63, 3.8) is 0 Å². The van der Waals surface area contributed by atoms with Gasteiger partial charge in [-0.2, -0.15) is 0 Å². The van der Waals surface area contributed by atoms with Crippen LogP contribution in [0.15, 0.2) is 29.3 Å². The molecule has 0 aliphatic heterocycles. The maximum Gasteiger partial charge on any atom is 0.251 e. The summed E-state index contributed by atoms with van der Waals surface area (Å²) in [6.07, 6.45) is 0.917. The van der Waals surface area contributed by atoms with Crippen molar-refractivity contribution >= 4 is 11.9 Å². The van der Waals surface area contributed by atoms with E-state index in [1.807, 2.05) is 31.2 Å². The molecule has 0 fully saturated rings. The van der Waals surface area contributed by atoms with Gasteiger partial charge in [0.1, 0.15) is 0 Å². The van der Waals surface area contributed by atoms with Crippen molar-refractivity contribution in [1.82, 2.24) is 20.9 Å². The van der Waals surface area contributed by atoms with Gasteiger partial charge in [0.15, 0.2) is 5.96 Å².